The number of aromatic nitrogens is 2. The number of imidazole rings is 1. The first-order valence-electron chi connectivity index (χ1n) is 6.72. The summed E-state index contributed by atoms with van der Waals surface area (Å²) in [6.07, 6.45) is 0.541. The molecule has 6 heteroatoms. The van der Waals surface area contributed by atoms with E-state index in [1.807, 2.05) is 0 Å². The zero-order valence-corrected chi connectivity index (χ0v) is 11.8. The Bertz CT molecular complexity index is 871. The molecule has 4 N–H and O–H groups in total. The molecule has 3 rings (SSSR count). The molecule has 0 saturated heterocycles. The van der Waals surface area contributed by atoms with Crippen LogP contribution in [-0.4, -0.2) is 21.0 Å². The van der Waals surface area contributed by atoms with Crippen molar-refractivity contribution in [2.75, 3.05) is 0 Å². The summed E-state index contributed by atoms with van der Waals surface area (Å²) in [5.74, 6) is -1.38. The van der Waals surface area contributed by atoms with E-state index in [9.17, 15) is 14.3 Å². The maximum absolute atomic E-state index is 14.3. The quantitative estimate of drug-likeness (QED) is 0.694. The highest BCUT2D eigenvalue weighted by Crippen LogP contribution is 2.33. The van der Waals surface area contributed by atoms with Gasteiger partial charge in [0, 0.05) is 11.1 Å². The highest BCUT2D eigenvalue weighted by molar-refractivity contribution is 5.95. The highest BCUT2D eigenvalue weighted by atomic mass is 19.1. The van der Waals surface area contributed by atoms with E-state index in [1.165, 1.54) is 13.0 Å². The third kappa shape index (κ3) is 2.33. The summed E-state index contributed by atoms with van der Waals surface area (Å²) in [6.45, 7) is 1.47. The number of halogens is 1. The first kappa shape index (κ1) is 14.2. The third-order valence-electron chi connectivity index (χ3n) is 3.56. The van der Waals surface area contributed by atoms with Gasteiger partial charge >= 0.3 is 0 Å². The summed E-state index contributed by atoms with van der Waals surface area (Å²) < 4.78 is 14.3. The van der Waals surface area contributed by atoms with Crippen LogP contribution in [0, 0.1) is 5.82 Å². The Balaban J connectivity index is 2.28. The van der Waals surface area contributed by atoms with Crippen LogP contribution in [0.4, 0.5) is 4.39 Å². The van der Waals surface area contributed by atoms with Gasteiger partial charge in [-0.15, -0.1) is 0 Å². The fourth-order valence-electron chi connectivity index (χ4n) is 2.53. The minimum atomic E-state index is -1.02. The van der Waals surface area contributed by atoms with Crippen molar-refractivity contribution in [1.82, 2.24) is 9.97 Å². The summed E-state index contributed by atoms with van der Waals surface area (Å²) in [4.78, 5) is 18.5. The number of primary amides is 1. The molecule has 0 radical (unpaired) electrons. The standard InChI is InChI=1S/C16H14FN3O2/c1-8(21)15-11(4-10(16(18)22)5-12(15)17)9-2-3-13-14(6-9)20-7-19-13/h2-8,21H,1H3,(H2,18,22)(H,19,20). The number of hydrogen-bond donors (Lipinski definition) is 3. The molecule has 0 aliphatic heterocycles. The second-order valence-corrected chi connectivity index (χ2v) is 5.09. The van der Waals surface area contributed by atoms with Crippen LogP contribution < -0.4 is 5.73 Å². The Labute approximate surface area is 125 Å². The largest absolute Gasteiger partial charge is 0.389 e. The summed E-state index contributed by atoms with van der Waals surface area (Å²) in [5.41, 5.74) is 8.07. The van der Waals surface area contributed by atoms with Crippen molar-refractivity contribution >= 4 is 16.9 Å². The number of aromatic amines is 1. The number of aliphatic hydroxyl groups is 1. The number of nitrogens with two attached hydrogens (primary N) is 1. The molecule has 1 unspecified atom stereocenters. The molecule has 0 fully saturated rings. The van der Waals surface area contributed by atoms with E-state index in [-0.39, 0.29) is 11.1 Å². The summed E-state index contributed by atoms with van der Waals surface area (Å²) in [5, 5.41) is 9.87. The van der Waals surface area contributed by atoms with E-state index in [1.54, 1.807) is 24.5 Å². The number of nitrogens with zero attached hydrogens (tertiary/aromatic N) is 1. The normalized spacial score (nSPS) is 12.5. The van der Waals surface area contributed by atoms with Crippen LogP contribution in [0.2, 0.25) is 0 Å². The van der Waals surface area contributed by atoms with Gasteiger partial charge in [-0.25, -0.2) is 9.37 Å². The fraction of sp³-hybridized carbons (Fsp3) is 0.125. The van der Waals surface area contributed by atoms with Crippen LogP contribution in [0.25, 0.3) is 22.2 Å². The lowest BCUT2D eigenvalue weighted by atomic mass is 9.93. The fourth-order valence-corrected chi connectivity index (χ4v) is 2.53. The lowest BCUT2D eigenvalue weighted by molar-refractivity contribution is 0.0999. The Morgan fingerprint density at radius 1 is 1.36 bits per heavy atom. The van der Waals surface area contributed by atoms with Crippen LogP contribution >= 0.6 is 0 Å². The molecule has 3 aromatic rings. The van der Waals surface area contributed by atoms with Gasteiger partial charge in [0.25, 0.3) is 0 Å². The first-order chi connectivity index (χ1) is 10.5. The Morgan fingerprint density at radius 3 is 2.82 bits per heavy atom. The van der Waals surface area contributed by atoms with E-state index in [2.05, 4.69) is 9.97 Å². The topological polar surface area (TPSA) is 92.0 Å². The van der Waals surface area contributed by atoms with Gasteiger partial charge in [-0.1, -0.05) is 6.07 Å². The predicted octanol–water partition coefficient (Wildman–Crippen LogP) is 2.52. The highest BCUT2D eigenvalue weighted by Gasteiger charge is 2.18. The van der Waals surface area contributed by atoms with Gasteiger partial charge in [0.05, 0.1) is 23.5 Å². The molecule has 1 heterocycles. The van der Waals surface area contributed by atoms with E-state index < -0.39 is 17.8 Å². The lowest BCUT2D eigenvalue weighted by Gasteiger charge is -2.15. The van der Waals surface area contributed by atoms with E-state index >= 15 is 0 Å². The van der Waals surface area contributed by atoms with Gasteiger partial charge in [0.2, 0.25) is 5.91 Å². The van der Waals surface area contributed by atoms with E-state index in [0.29, 0.717) is 11.1 Å². The molecular formula is C16H14FN3O2. The van der Waals surface area contributed by atoms with Gasteiger partial charge in [0.1, 0.15) is 5.82 Å². The Morgan fingerprint density at radius 2 is 2.14 bits per heavy atom. The number of carbonyl (C=O) groups is 1. The number of aliphatic hydroxyl groups excluding tert-OH is 1. The maximum atomic E-state index is 14.3. The molecule has 22 heavy (non-hydrogen) atoms. The van der Waals surface area contributed by atoms with E-state index in [0.717, 1.165) is 17.1 Å². The second-order valence-electron chi connectivity index (χ2n) is 5.09. The van der Waals surface area contributed by atoms with Gasteiger partial charge < -0.3 is 15.8 Å². The van der Waals surface area contributed by atoms with Crippen LogP contribution in [0.15, 0.2) is 36.7 Å². The molecule has 1 amide bonds. The van der Waals surface area contributed by atoms with Crippen LogP contribution in [-0.2, 0) is 0 Å². The van der Waals surface area contributed by atoms with Crippen LogP contribution in [0.1, 0.15) is 28.9 Å². The number of amides is 1. The molecule has 0 saturated carbocycles. The lowest BCUT2D eigenvalue weighted by Crippen LogP contribution is -2.13. The average Bonchev–Trinajstić information content (AvgIpc) is 2.93. The predicted molar refractivity (Wildman–Crippen MR) is 80.6 cm³/mol. The van der Waals surface area contributed by atoms with Crippen molar-refractivity contribution in [3.63, 3.8) is 0 Å². The van der Waals surface area contributed by atoms with Crippen molar-refractivity contribution < 1.29 is 14.3 Å². The third-order valence-corrected chi connectivity index (χ3v) is 3.56. The monoisotopic (exact) mass is 299 g/mol. The summed E-state index contributed by atoms with van der Waals surface area (Å²) >= 11 is 0. The molecule has 1 aromatic heterocycles. The van der Waals surface area contributed by atoms with Gasteiger partial charge in [0.15, 0.2) is 0 Å². The minimum Gasteiger partial charge on any atom is -0.389 e. The number of benzene rings is 2. The molecular weight excluding hydrogens is 285 g/mol. The van der Waals surface area contributed by atoms with Gasteiger partial charge in [-0.3, -0.25) is 4.79 Å². The van der Waals surface area contributed by atoms with Crippen molar-refractivity contribution in [2.24, 2.45) is 5.73 Å². The average molecular weight is 299 g/mol. The molecule has 112 valence electrons. The number of nitrogens with one attached hydrogen (secondary N) is 1. The second kappa shape index (κ2) is 5.23. The maximum Gasteiger partial charge on any atom is 0.248 e. The van der Waals surface area contributed by atoms with Crippen molar-refractivity contribution in [3.8, 4) is 11.1 Å². The van der Waals surface area contributed by atoms with Crippen molar-refractivity contribution in [1.29, 1.82) is 0 Å². The Kier molecular flexibility index (Phi) is 3.38. The number of H-pyrrole nitrogens is 1. The molecule has 1 atom stereocenters. The summed E-state index contributed by atoms with van der Waals surface area (Å²) in [6, 6.07) is 7.86. The number of rotatable bonds is 3. The number of fused-ring (bicyclic) bond motifs is 1. The summed E-state index contributed by atoms with van der Waals surface area (Å²) in [7, 11) is 0. The molecule has 0 spiro atoms. The van der Waals surface area contributed by atoms with E-state index in [4.69, 9.17) is 5.73 Å². The molecule has 5 nitrogen and oxygen atoms in total. The Hall–Kier alpha value is -2.73. The molecule has 2 aromatic carbocycles. The minimum absolute atomic E-state index is 0.0570. The SMILES string of the molecule is CC(O)c1c(F)cc(C(N)=O)cc1-c1ccc2nc[nH]c2c1. The van der Waals surface area contributed by atoms with Gasteiger partial charge in [-0.2, -0.15) is 0 Å². The molecule has 0 aliphatic rings. The smallest absolute Gasteiger partial charge is 0.248 e. The van der Waals surface area contributed by atoms with Crippen molar-refractivity contribution in [3.05, 3.63) is 53.6 Å². The van der Waals surface area contributed by atoms with Crippen LogP contribution in [0.3, 0.4) is 0 Å². The van der Waals surface area contributed by atoms with Crippen LogP contribution in [0.5, 0.6) is 0 Å². The molecule has 0 aliphatic carbocycles. The molecule has 0 bridgehead atoms. The zero-order valence-electron chi connectivity index (χ0n) is 11.8. The van der Waals surface area contributed by atoms with Gasteiger partial charge in [-0.05, 0) is 42.3 Å². The van der Waals surface area contributed by atoms with Crippen molar-refractivity contribution in [2.45, 2.75) is 13.0 Å². The first-order valence-corrected chi connectivity index (χ1v) is 6.72. The zero-order chi connectivity index (χ0) is 15.9. The number of carbonyl (C=O) groups excluding carboxylic acids is 1. The number of hydrogen-bond acceptors (Lipinski definition) is 3.